The van der Waals surface area contributed by atoms with E-state index in [1.54, 1.807) is 38.1 Å². The molecule has 2 amide bonds. The highest BCUT2D eigenvalue weighted by molar-refractivity contribution is 7.15. The fraction of sp³-hybridized carbons (Fsp3) is 0.476. The number of amides is 2. The van der Waals surface area contributed by atoms with Gasteiger partial charge in [0.25, 0.3) is 5.91 Å². The Balaban J connectivity index is 1.64. The quantitative estimate of drug-likeness (QED) is 0.723. The molecule has 0 spiro atoms. The zero-order valence-electron chi connectivity index (χ0n) is 17.1. The molecule has 1 aliphatic rings. The van der Waals surface area contributed by atoms with Gasteiger partial charge in [-0.05, 0) is 44.0 Å². The third kappa shape index (κ3) is 5.48. The maximum atomic E-state index is 12.8. The van der Waals surface area contributed by atoms with Gasteiger partial charge in [0, 0.05) is 29.3 Å². The van der Waals surface area contributed by atoms with Crippen LogP contribution in [-0.4, -0.2) is 33.8 Å². The summed E-state index contributed by atoms with van der Waals surface area (Å²) in [5.74, 6) is 0.781. The number of benzene rings is 1. The highest BCUT2D eigenvalue weighted by Gasteiger charge is 2.32. The van der Waals surface area contributed by atoms with Crippen molar-refractivity contribution in [2.75, 3.05) is 11.9 Å². The van der Waals surface area contributed by atoms with Crippen LogP contribution in [0.1, 0.15) is 44.7 Å². The summed E-state index contributed by atoms with van der Waals surface area (Å²) in [7, 11) is 0. The third-order valence-corrected chi connectivity index (χ3v) is 5.87. The molecule has 0 saturated carbocycles. The molecule has 1 aliphatic heterocycles. The van der Waals surface area contributed by atoms with E-state index in [0.717, 1.165) is 10.6 Å². The molecule has 0 saturated heterocycles. The van der Waals surface area contributed by atoms with Crippen molar-refractivity contribution in [3.8, 4) is 5.75 Å². The fourth-order valence-electron chi connectivity index (χ4n) is 3.03. The van der Waals surface area contributed by atoms with Crippen molar-refractivity contribution >= 4 is 39.9 Å². The first-order valence-electron chi connectivity index (χ1n) is 9.66. The molecule has 1 aromatic heterocycles. The predicted octanol–water partition coefficient (Wildman–Crippen LogP) is 4.52. The lowest BCUT2D eigenvalue weighted by Crippen LogP contribution is -2.42. The molecule has 1 N–H and O–H groups in total. The van der Waals surface area contributed by atoms with Crippen LogP contribution in [0.5, 0.6) is 5.75 Å². The number of nitrogens with one attached hydrogen (secondary N) is 1. The molecule has 29 heavy (non-hydrogen) atoms. The molecule has 1 aromatic carbocycles. The predicted molar refractivity (Wildman–Crippen MR) is 115 cm³/mol. The molecule has 0 atom stereocenters. The summed E-state index contributed by atoms with van der Waals surface area (Å²) in [6, 6.07) is 6.88. The molecule has 156 valence electrons. The molecular weight excluding hydrogens is 410 g/mol. The maximum Gasteiger partial charge on any atom is 0.269 e. The normalized spacial score (nSPS) is 13.9. The van der Waals surface area contributed by atoms with Gasteiger partial charge >= 0.3 is 0 Å². The Morgan fingerprint density at radius 2 is 2.00 bits per heavy atom. The molecular formula is C21H26ClN3O3S. The average Bonchev–Trinajstić information content (AvgIpc) is 3.04. The van der Waals surface area contributed by atoms with Crippen molar-refractivity contribution in [2.24, 2.45) is 5.92 Å². The van der Waals surface area contributed by atoms with E-state index < -0.39 is 5.60 Å². The van der Waals surface area contributed by atoms with Gasteiger partial charge in [-0.2, -0.15) is 0 Å². The Bertz CT molecular complexity index is 893. The fourth-order valence-corrected chi connectivity index (χ4v) is 4.18. The van der Waals surface area contributed by atoms with Crippen molar-refractivity contribution in [3.63, 3.8) is 0 Å². The number of nitrogens with zero attached hydrogens (tertiary/aromatic N) is 2. The molecule has 0 aliphatic carbocycles. The van der Waals surface area contributed by atoms with E-state index in [4.69, 9.17) is 16.3 Å². The van der Waals surface area contributed by atoms with Gasteiger partial charge in [-0.25, -0.2) is 4.98 Å². The Kier molecular flexibility index (Phi) is 6.49. The number of fused-ring (bicyclic) bond motifs is 1. The highest BCUT2D eigenvalue weighted by Crippen LogP contribution is 2.30. The summed E-state index contributed by atoms with van der Waals surface area (Å²) in [6.07, 6.45) is 1.25. The van der Waals surface area contributed by atoms with Crippen LogP contribution in [0.3, 0.4) is 0 Å². The van der Waals surface area contributed by atoms with E-state index in [2.05, 4.69) is 10.3 Å². The number of carbonyl (C=O) groups excluding carboxylic acids is 2. The topological polar surface area (TPSA) is 71.5 Å². The van der Waals surface area contributed by atoms with Gasteiger partial charge in [-0.1, -0.05) is 36.8 Å². The zero-order valence-corrected chi connectivity index (χ0v) is 18.7. The summed E-state index contributed by atoms with van der Waals surface area (Å²) in [5.41, 5.74) is -0.130. The van der Waals surface area contributed by atoms with E-state index in [1.165, 1.54) is 11.3 Å². The van der Waals surface area contributed by atoms with Gasteiger partial charge in [0.05, 0.1) is 12.2 Å². The minimum Gasteiger partial charge on any atom is -0.478 e. The molecule has 0 fully saturated rings. The van der Waals surface area contributed by atoms with E-state index in [0.29, 0.717) is 47.8 Å². The zero-order chi connectivity index (χ0) is 21.2. The van der Waals surface area contributed by atoms with Gasteiger partial charge in [-0.15, -0.1) is 0 Å². The largest absolute Gasteiger partial charge is 0.478 e. The first-order chi connectivity index (χ1) is 13.6. The number of carbonyl (C=O) groups is 2. The molecule has 0 bridgehead atoms. The Hall–Kier alpha value is -2.12. The number of halogens is 1. The van der Waals surface area contributed by atoms with Crippen LogP contribution in [0.2, 0.25) is 5.02 Å². The van der Waals surface area contributed by atoms with Crippen molar-refractivity contribution in [2.45, 2.75) is 52.7 Å². The average molecular weight is 436 g/mol. The number of hydrogen-bond donors (Lipinski definition) is 1. The Labute approximate surface area is 180 Å². The lowest BCUT2D eigenvalue weighted by molar-refractivity contribution is -0.132. The summed E-state index contributed by atoms with van der Waals surface area (Å²) < 4.78 is 5.83. The summed E-state index contributed by atoms with van der Waals surface area (Å²) >= 11 is 7.31. The second-order valence-corrected chi connectivity index (χ2v) is 9.59. The van der Waals surface area contributed by atoms with Gasteiger partial charge in [-0.3, -0.25) is 14.9 Å². The van der Waals surface area contributed by atoms with E-state index in [9.17, 15) is 9.59 Å². The van der Waals surface area contributed by atoms with Gasteiger partial charge in [0.2, 0.25) is 5.91 Å². The number of aromatic nitrogens is 1. The molecule has 2 heterocycles. The molecule has 0 unspecified atom stereocenters. The van der Waals surface area contributed by atoms with Gasteiger partial charge in [0.15, 0.2) is 10.7 Å². The first-order valence-corrected chi connectivity index (χ1v) is 10.9. The maximum absolute atomic E-state index is 12.8. The van der Waals surface area contributed by atoms with Crippen molar-refractivity contribution in [1.82, 2.24) is 9.88 Å². The summed E-state index contributed by atoms with van der Waals surface area (Å²) in [4.78, 5) is 32.6. The number of ether oxygens (including phenoxy) is 1. The van der Waals surface area contributed by atoms with E-state index in [1.807, 2.05) is 18.7 Å². The number of rotatable bonds is 6. The van der Waals surface area contributed by atoms with Crippen molar-refractivity contribution in [1.29, 1.82) is 0 Å². The monoisotopic (exact) mass is 435 g/mol. The van der Waals surface area contributed by atoms with E-state index in [-0.39, 0.29) is 11.8 Å². The van der Waals surface area contributed by atoms with Crippen LogP contribution >= 0.6 is 22.9 Å². The van der Waals surface area contributed by atoms with Gasteiger partial charge < -0.3 is 9.64 Å². The van der Waals surface area contributed by atoms with Crippen LogP contribution in [0.15, 0.2) is 24.3 Å². The molecule has 2 aromatic rings. The van der Waals surface area contributed by atoms with E-state index >= 15 is 0 Å². The smallest absolute Gasteiger partial charge is 0.269 e. The van der Waals surface area contributed by atoms with Crippen LogP contribution in [-0.2, 0) is 22.6 Å². The Morgan fingerprint density at radius 3 is 2.66 bits per heavy atom. The minimum atomic E-state index is -1.08. The second kappa shape index (κ2) is 8.71. The van der Waals surface area contributed by atoms with Crippen LogP contribution < -0.4 is 10.1 Å². The minimum absolute atomic E-state index is 0.169. The molecule has 8 heteroatoms. The standard InChI is InChI=1S/C21H26ClN3O3S/c1-13(2)11-18(26)25-10-9-16-17(12-25)29-20(23-16)24-19(27)21(3,4)28-15-7-5-14(22)6-8-15/h5-8,13H,9-12H2,1-4H3,(H,23,24,27). The first kappa shape index (κ1) is 21.6. The second-order valence-electron chi connectivity index (χ2n) is 8.07. The lowest BCUT2D eigenvalue weighted by atomic mass is 10.1. The Morgan fingerprint density at radius 1 is 1.31 bits per heavy atom. The number of thiazole rings is 1. The van der Waals surface area contributed by atoms with Crippen molar-refractivity contribution < 1.29 is 14.3 Å². The summed E-state index contributed by atoms with van der Waals surface area (Å²) in [6.45, 7) is 8.72. The molecule has 0 radical (unpaired) electrons. The van der Waals surface area contributed by atoms with Crippen LogP contribution in [0, 0.1) is 5.92 Å². The SMILES string of the molecule is CC(C)CC(=O)N1CCc2nc(NC(=O)C(C)(C)Oc3ccc(Cl)cc3)sc2C1. The summed E-state index contributed by atoms with van der Waals surface area (Å²) in [5, 5.41) is 4.00. The van der Waals surface area contributed by atoms with Crippen LogP contribution in [0.4, 0.5) is 5.13 Å². The highest BCUT2D eigenvalue weighted by atomic mass is 35.5. The number of hydrogen-bond acceptors (Lipinski definition) is 5. The molecule has 3 rings (SSSR count). The third-order valence-electron chi connectivity index (χ3n) is 4.62. The van der Waals surface area contributed by atoms with Crippen LogP contribution in [0.25, 0.3) is 0 Å². The molecule has 6 nitrogen and oxygen atoms in total. The number of anilines is 1. The van der Waals surface area contributed by atoms with Gasteiger partial charge in [0.1, 0.15) is 5.75 Å². The lowest BCUT2D eigenvalue weighted by Gasteiger charge is -2.26. The van der Waals surface area contributed by atoms with Crippen molar-refractivity contribution in [3.05, 3.63) is 39.9 Å².